The second-order valence-corrected chi connectivity index (χ2v) is 6.84. The van der Waals surface area contributed by atoms with Crippen molar-refractivity contribution in [2.24, 2.45) is 0 Å². The minimum absolute atomic E-state index is 0.244. The maximum Gasteiger partial charge on any atom is 0.416 e. The van der Waals surface area contributed by atoms with Gasteiger partial charge in [0.05, 0.1) is 21.7 Å². The Bertz CT molecular complexity index is 941. The van der Waals surface area contributed by atoms with Gasteiger partial charge in [0, 0.05) is 5.33 Å². The Morgan fingerprint density at radius 3 is 2.17 bits per heavy atom. The Kier molecular flexibility index (Phi) is 4.73. The van der Waals surface area contributed by atoms with Gasteiger partial charge in [-0.05, 0) is 57.4 Å². The van der Waals surface area contributed by atoms with Crippen molar-refractivity contribution in [2.45, 2.75) is 12.3 Å². The first-order valence-electron chi connectivity index (χ1n) is 6.89. The minimum atomic E-state index is -4.44. The van der Waals surface area contributed by atoms with Gasteiger partial charge in [0.2, 0.25) is 0 Å². The molecule has 0 fully saturated rings. The van der Waals surface area contributed by atoms with Gasteiger partial charge in [-0.2, -0.15) is 13.2 Å². The van der Waals surface area contributed by atoms with E-state index in [0.29, 0.717) is 27.1 Å². The molecule has 0 spiro atoms. The summed E-state index contributed by atoms with van der Waals surface area (Å²) in [5.41, 5.74) is -0.163. The minimum Gasteiger partial charge on any atom is -0.388 e. The highest BCUT2D eigenvalue weighted by molar-refractivity contribution is 9.09. The number of fused-ring (bicyclic) bond motifs is 3. The molecule has 0 aliphatic rings. The number of benzene rings is 3. The number of alkyl halides is 4. The van der Waals surface area contributed by atoms with E-state index in [1.54, 1.807) is 12.1 Å². The van der Waals surface area contributed by atoms with Crippen LogP contribution in [0.3, 0.4) is 0 Å². The highest BCUT2D eigenvalue weighted by Gasteiger charge is 2.30. The van der Waals surface area contributed by atoms with Gasteiger partial charge in [-0.15, -0.1) is 0 Å². The summed E-state index contributed by atoms with van der Waals surface area (Å²) in [5, 5.41) is 13.1. The summed E-state index contributed by atoms with van der Waals surface area (Å²) >= 11 is 15.3. The third kappa shape index (κ3) is 3.10. The van der Waals surface area contributed by atoms with Crippen LogP contribution in [0.4, 0.5) is 13.2 Å². The Labute approximate surface area is 154 Å². The smallest absolute Gasteiger partial charge is 0.388 e. The summed E-state index contributed by atoms with van der Waals surface area (Å²) in [5.74, 6) is 0. The molecule has 0 aliphatic heterocycles. The van der Waals surface area contributed by atoms with Gasteiger partial charge in [0.15, 0.2) is 0 Å². The van der Waals surface area contributed by atoms with Crippen molar-refractivity contribution >= 4 is 60.7 Å². The molecular weight excluding hydrogens is 428 g/mol. The summed E-state index contributed by atoms with van der Waals surface area (Å²) in [6.07, 6.45) is -5.26. The van der Waals surface area contributed by atoms with Gasteiger partial charge in [-0.25, -0.2) is 0 Å². The van der Waals surface area contributed by atoms with Gasteiger partial charge < -0.3 is 5.11 Å². The van der Waals surface area contributed by atoms with Gasteiger partial charge >= 0.3 is 6.18 Å². The molecule has 0 aromatic heterocycles. The zero-order valence-electron chi connectivity index (χ0n) is 12.0. The average molecular weight is 438 g/mol. The lowest BCUT2D eigenvalue weighted by atomic mass is 9.94. The van der Waals surface area contributed by atoms with Crippen LogP contribution in [0.15, 0.2) is 36.4 Å². The number of hydrogen-bond acceptors (Lipinski definition) is 1. The molecule has 1 atom stereocenters. The van der Waals surface area contributed by atoms with Crippen LogP contribution in [0.25, 0.3) is 21.5 Å². The number of halogens is 6. The second-order valence-electron chi connectivity index (χ2n) is 5.38. The van der Waals surface area contributed by atoms with Crippen LogP contribution in [-0.4, -0.2) is 10.4 Å². The van der Waals surface area contributed by atoms with E-state index < -0.39 is 17.8 Å². The third-order valence-corrected chi connectivity index (χ3v) is 5.19. The zero-order valence-corrected chi connectivity index (χ0v) is 15.1. The molecule has 0 amide bonds. The molecule has 3 aromatic rings. The van der Waals surface area contributed by atoms with Crippen molar-refractivity contribution in [1.29, 1.82) is 0 Å². The van der Waals surface area contributed by atoms with Gasteiger partial charge in [0.1, 0.15) is 0 Å². The molecule has 3 aromatic carbocycles. The molecule has 1 nitrogen and oxygen atoms in total. The first-order chi connectivity index (χ1) is 11.2. The van der Waals surface area contributed by atoms with Gasteiger partial charge in [-0.3, -0.25) is 0 Å². The molecule has 0 unspecified atom stereocenters. The monoisotopic (exact) mass is 436 g/mol. The van der Waals surface area contributed by atoms with Crippen LogP contribution in [0.2, 0.25) is 10.0 Å². The molecule has 0 bridgehead atoms. The molecular formula is C17H10BrCl2F3O. The number of aliphatic hydroxyl groups is 1. The lowest BCUT2D eigenvalue weighted by molar-refractivity contribution is -0.137. The second kappa shape index (κ2) is 6.37. The third-order valence-electron chi connectivity index (χ3n) is 3.86. The molecule has 0 heterocycles. The molecule has 1 N–H and O–H groups in total. The van der Waals surface area contributed by atoms with Crippen molar-refractivity contribution in [3.63, 3.8) is 0 Å². The quantitative estimate of drug-likeness (QED) is 0.347. The van der Waals surface area contributed by atoms with Crippen LogP contribution in [0.1, 0.15) is 17.2 Å². The average Bonchev–Trinajstić information content (AvgIpc) is 2.53. The first kappa shape index (κ1) is 17.8. The number of rotatable bonds is 2. The summed E-state index contributed by atoms with van der Waals surface area (Å²) < 4.78 is 39.1. The van der Waals surface area contributed by atoms with Crippen LogP contribution in [0.5, 0.6) is 0 Å². The molecule has 3 rings (SSSR count). The summed E-state index contributed by atoms with van der Waals surface area (Å²) in [4.78, 5) is 0. The molecule has 7 heteroatoms. The fraction of sp³-hybridized carbons (Fsp3) is 0.176. The Morgan fingerprint density at radius 2 is 1.58 bits per heavy atom. The SMILES string of the molecule is O[C@@H](CBr)c1cc2ccc(C(F)(F)F)cc2c2cc(Cl)c(Cl)cc12. The summed E-state index contributed by atoms with van der Waals surface area (Å²) in [7, 11) is 0. The van der Waals surface area contributed by atoms with Gasteiger partial charge in [-0.1, -0.05) is 45.2 Å². The van der Waals surface area contributed by atoms with Gasteiger partial charge in [0.25, 0.3) is 0 Å². The predicted octanol–water partition coefficient (Wildman–Crippen LogP) is 6.75. The Balaban J connectivity index is 2.45. The van der Waals surface area contributed by atoms with Crippen molar-refractivity contribution in [1.82, 2.24) is 0 Å². The molecule has 24 heavy (non-hydrogen) atoms. The Morgan fingerprint density at radius 1 is 0.958 bits per heavy atom. The van der Waals surface area contributed by atoms with Crippen LogP contribution in [-0.2, 0) is 6.18 Å². The summed E-state index contributed by atoms with van der Waals surface area (Å²) in [6.45, 7) is 0. The van der Waals surface area contributed by atoms with Crippen molar-refractivity contribution < 1.29 is 18.3 Å². The lowest BCUT2D eigenvalue weighted by Gasteiger charge is -2.16. The number of hydrogen-bond donors (Lipinski definition) is 1. The van der Waals surface area contributed by atoms with E-state index in [1.165, 1.54) is 12.1 Å². The van der Waals surface area contributed by atoms with Crippen molar-refractivity contribution in [2.75, 3.05) is 5.33 Å². The Hall–Kier alpha value is -1.01. The van der Waals surface area contributed by atoms with Crippen LogP contribution >= 0.6 is 39.1 Å². The molecule has 126 valence electrons. The highest BCUT2D eigenvalue weighted by atomic mass is 79.9. The van der Waals surface area contributed by atoms with E-state index >= 15 is 0 Å². The fourth-order valence-corrected chi connectivity index (χ4v) is 3.38. The van der Waals surface area contributed by atoms with Crippen LogP contribution in [0, 0.1) is 0 Å². The fourth-order valence-electron chi connectivity index (χ4n) is 2.70. The molecule has 0 aliphatic carbocycles. The van der Waals surface area contributed by atoms with E-state index in [9.17, 15) is 18.3 Å². The predicted molar refractivity (Wildman–Crippen MR) is 95.2 cm³/mol. The van der Waals surface area contributed by atoms with E-state index in [0.717, 1.165) is 12.1 Å². The highest BCUT2D eigenvalue weighted by Crippen LogP contribution is 2.39. The van der Waals surface area contributed by atoms with E-state index in [4.69, 9.17) is 23.2 Å². The molecule has 0 saturated carbocycles. The van der Waals surface area contributed by atoms with E-state index in [2.05, 4.69) is 15.9 Å². The van der Waals surface area contributed by atoms with Crippen LogP contribution < -0.4 is 0 Å². The first-order valence-corrected chi connectivity index (χ1v) is 8.76. The molecule has 0 saturated heterocycles. The van der Waals surface area contributed by atoms with E-state index in [-0.39, 0.29) is 15.4 Å². The summed E-state index contributed by atoms with van der Waals surface area (Å²) in [6, 6.07) is 8.28. The normalized spacial score (nSPS) is 13.6. The van der Waals surface area contributed by atoms with Crippen molar-refractivity contribution in [3.8, 4) is 0 Å². The molecule has 0 radical (unpaired) electrons. The largest absolute Gasteiger partial charge is 0.416 e. The zero-order chi connectivity index (χ0) is 17.6. The maximum atomic E-state index is 13.0. The lowest BCUT2D eigenvalue weighted by Crippen LogP contribution is -2.05. The van der Waals surface area contributed by atoms with Crippen molar-refractivity contribution in [3.05, 3.63) is 57.6 Å². The van der Waals surface area contributed by atoms with E-state index in [1.807, 2.05) is 0 Å². The topological polar surface area (TPSA) is 20.2 Å². The number of aliphatic hydroxyl groups excluding tert-OH is 1. The maximum absolute atomic E-state index is 13.0. The standard InChI is InChI=1S/C17H10BrCl2F3O/c18-7-16(24)13-3-8-1-2-9(17(21,22)23)4-10(8)11-5-14(19)15(20)6-12(11)13/h1-6,16,24H,7H2/t16-/m0/s1.